The van der Waals surface area contributed by atoms with Crippen LogP contribution in [-0.4, -0.2) is 30.3 Å². The van der Waals surface area contributed by atoms with E-state index in [2.05, 4.69) is 9.98 Å². The molecule has 0 N–H and O–H groups in total. The molecule has 14 heavy (non-hydrogen) atoms. The molecular formula is C10H11N3O. The number of nitrogens with zero attached hydrogens (tertiary/aromatic N) is 3. The smallest absolute Gasteiger partial charge is 0.324 e. The van der Waals surface area contributed by atoms with Gasteiger partial charge >= 0.3 is 6.01 Å². The van der Waals surface area contributed by atoms with Crippen LogP contribution in [0.25, 0.3) is 11.1 Å². The summed E-state index contributed by atoms with van der Waals surface area (Å²) in [4.78, 5) is 10.1. The molecule has 0 atom stereocenters. The van der Waals surface area contributed by atoms with Crippen LogP contribution in [0.2, 0.25) is 0 Å². The van der Waals surface area contributed by atoms with Crippen LogP contribution >= 0.6 is 0 Å². The third-order valence-electron chi connectivity index (χ3n) is 1.68. The van der Waals surface area contributed by atoms with Crippen LogP contribution in [0.4, 0.5) is 6.01 Å². The van der Waals surface area contributed by atoms with E-state index in [1.807, 2.05) is 43.3 Å². The molecule has 0 saturated heterocycles. The molecule has 4 nitrogen and oxygen atoms in total. The fourth-order valence-corrected chi connectivity index (χ4v) is 1.08. The number of rotatable bonds is 2. The van der Waals surface area contributed by atoms with E-state index in [1.54, 1.807) is 6.34 Å². The van der Waals surface area contributed by atoms with E-state index in [0.717, 1.165) is 11.1 Å². The molecule has 0 aliphatic rings. The van der Waals surface area contributed by atoms with Gasteiger partial charge in [-0.05, 0) is 12.1 Å². The van der Waals surface area contributed by atoms with Gasteiger partial charge in [0.15, 0.2) is 5.58 Å². The molecule has 0 unspecified atom stereocenters. The van der Waals surface area contributed by atoms with E-state index in [-0.39, 0.29) is 0 Å². The Bertz CT molecular complexity index is 426. The second kappa shape index (κ2) is 3.49. The summed E-state index contributed by atoms with van der Waals surface area (Å²) < 4.78 is 5.38. The van der Waals surface area contributed by atoms with Crippen molar-refractivity contribution in [2.45, 2.75) is 0 Å². The summed E-state index contributed by atoms with van der Waals surface area (Å²) in [6.07, 6.45) is 1.66. The first-order valence-electron chi connectivity index (χ1n) is 4.32. The Morgan fingerprint density at radius 1 is 1.36 bits per heavy atom. The Morgan fingerprint density at radius 2 is 2.14 bits per heavy atom. The number of oxazole rings is 1. The largest absolute Gasteiger partial charge is 0.422 e. The summed E-state index contributed by atoms with van der Waals surface area (Å²) in [7, 11) is 3.79. The van der Waals surface area contributed by atoms with Gasteiger partial charge in [0, 0.05) is 14.1 Å². The molecule has 0 aliphatic carbocycles. The lowest BCUT2D eigenvalue weighted by molar-refractivity contribution is 0.602. The monoisotopic (exact) mass is 189 g/mol. The fraction of sp³-hybridized carbons (Fsp3) is 0.200. The zero-order valence-electron chi connectivity index (χ0n) is 8.14. The van der Waals surface area contributed by atoms with Gasteiger partial charge in [-0.3, -0.25) is 0 Å². The molecule has 0 aliphatic heterocycles. The number of aromatic nitrogens is 1. The van der Waals surface area contributed by atoms with Crippen molar-refractivity contribution >= 4 is 23.5 Å². The lowest BCUT2D eigenvalue weighted by Gasteiger charge is -1.99. The van der Waals surface area contributed by atoms with Gasteiger partial charge in [-0.25, -0.2) is 0 Å². The lowest BCUT2D eigenvalue weighted by Crippen LogP contribution is -2.06. The van der Waals surface area contributed by atoms with Crippen LogP contribution in [0.1, 0.15) is 0 Å². The number of benzene rings is 1. The van der Waals surface area contributed by atoms with Crippen molar-refractivity contribution in [3.63, 3.8) is 0 Å². The first kappa shape index (κ1) is 8.74. The van der Waals surface area contributed by atoms with E-state index in [4.69, 9.17) is 4.42 Å². The van der Waals surface area contributed by atoms with Crippen LogP contribution in [0.5, 0.6) is 0 Å². The van der Waals surface area contributed by atoms with Gasteiger partial charge < -0.3 is 9.32 Å². The molecule has 4 heteroatoms. The van der Waals surface area contributed by atoms with Crippen LogP contribution in [0.15, 0.2) is 33.7 Å². The molecule has 2 aromatic rings. The second-order valence-corrected chi connectivity index (χ2v) is 3.17. The SMILES string of the molecule is CN(C)/C=N/c1nc2ccccc2o1. The summed E-state index contributed by atoms with van der Waals surface area (Å²) in [5.74, 6) is 0. The number of hydrogen-bond acceptors (Lipinski definition) is 3. The maximum atomic E-state index is 5.38. The predicted molar refractivity (Wildman–Crippen MR) is 55.8 cm³/mol. The van der Waals surface area contributed by atoms with Crippen molar-refractivity contribution in [1.29, 1.82) is 0 Å². The molecule has 72 valence electrons. The zero-order valence-corrected chi connectivity index (χ0v) is 8.14. The summed E-state index contributed by atoms with van der Waals surface area (Å²) >= 11 is 0. The number of aliphatic imine (C=N–C) groups is 1. The molecule has 0 spiro atoms. The van der Waals surface area contributed by atoms with Crippen molar-refractivity contribution in [2.75, 3.05) is 14.1 Å². The van der Waals surface area contributed by atoms with Crippen LogP contribution in [-0.2, 0) is 0 Å². The minimum Gasteiger partial charge on any atom is -0.422 e. The first-order valence-corrected chi connectivity index (χ1v) is 4.32. The first-order chi connectivity index (χ1) is 6.75. The molecular weight excluding hydrogens is 178 g/mol. The van der Waals surface area contributed by atoms with E-state index in [1.165, 1.54) is 0 Å². The van der Waals surface area contributed by atoms with Gasteiger partial charge in [0.05, 0.1) is 6.34 Å². The third-order valence-corrected chi connectivity index (χ3v) is 1.68. The van der Waals surface area contributed by atoms with Crippen LogP contribution in [0, 0.1) is 0 Å². The summed E-state index contributed by atoms with van der Waals surface area (Å²) in [6, 6.07) is 7.99. The van der Waals surface area contributed by atoms with Gasteiger partial charge in [-0.1, -0.05) is 12.1 Å². The minimum atomic E-state index is 0.389. The maximum Gasteiger partial charge on any atom is 0.324 e. The zero-order chi connectivity index (χ0) is 9.97. The fourth-order valence-electron chi connectivity index (χ4n) is 1.08. The van der Waals surface area contributed by atoms with Crippen LogP contribution < -0.4 is 0 Å². The molecule has 0 fully saturated rings. The van der Waals surface area contributed by atoms with Gasteiger partial charge in [0.25, 0.3) is 0 Å². The minimum absolute atomic E-state index is 0.389. The Kier molecular flexibility index (Phi) is 2.18. The summed E-state index contributed by atoms with van der Waals surface area (Å²) in [6.45, 7) is 0. The molecule has 2 rings (SSSR count). The topological polar surface area (TPSA) is 41.6 Å². The highest BCUT2D eigenvalue weighted by Gasteiger charge is 2.01. The predicted octanol–water partition coefficient (Wildman–Crippen LogP) is 2.05. The molecule has 1 aromatic heterocycles. The van der Waals surface area contributed by atoms with Crippen molar-refractivity contribution in [2.24, 2.45) is 4.99 Å². The normalized spacial score (nSPS) is 11.3. The maximum absolute atomic E-state index is 5.38. The second-order valence-electron chi connectivity index (χ2n) is 3.17. The highest BCUT2D eigenvalue weighted by molar-refractivity contribution is 5.74. The molecule has 1 aromatic carbocycles. The van der Waals surface area contributed by atoms with E-state index < -0.39 is 0 Å². The van der Waals surface area contributed by atoms with Crippen LogP contribution in [0.3, 0.4) is 0 Å². The standard InChI is InChI=1S/C10H11N3O/c1-13(2)7-11-10-12-8-5-3-4-6-9(8)14-10/h3-7H,1-2H3/b11-7+. The lowest BCUT2D eigenvalue weighted by atomic mass is 10.3. The summed E-state index contributed by atoms with van der Waals surface area (Å²) in [5, 5.41) is 0. The van der Waals surface area contributed by atoms with Crippen molar-refractivity contribution in [3.05, 3.63) is 24.3 Å². The average molecular weight is 189 g/mol. The molecule has 0 amide bonds. The highest BCUT2D eigenvalue weighted by Crippen LogP contribution is 2.19. The number of hydrogen-bond donors (Lipinski definition) is 0. The quantitative estimate of drug-likeness (QED) is 0.536. The highest BCUT2D eigenvalue weighted by atomic mass is 16.4. The van der Waals surface area contributed by atoms with Crippen molar-refractivity contribution in [1.82, 2.24) is 9.88 Å². The van der Waals surface area contributed by atoms with E-state index in [9.17, 15) is 0 Å². The van der Waals surface area contributed by atoms with Gasteiger partial charge in [-0.15, -0.1) is 0 Å². The molecule has 1 heterocycles. The summed E-state index contributed by atoms with van der Waals surface area (Å²) in [5.41, 5.74) is 1.59. The van der Waals surface area contributed by atoms with Gasteiger partial charge in [0.1, 0.15) is 5.52 Å². The Balaban J connectivity index is 2.36. The Labute approximate surface area is 81.9 Å². The molecule has 0 bridgehead atoms. The van der Waals surface area contributed by atoms with Gasteiger partial charge in [0.2, 0.25) is 0 Å². The van der Waals surface area contributed by atoms with Crippen molar-refractivity contribution in [3.8, 4) is 0 Å². The molecule has 0 radical (unpaired) electrons. The van der Waals surface area contributed by atoms with Gasteiger partial charge in [-0.2, -0.15) is 9.98 Å². The Hall–Kier alpha value is -1.84. The average Bonchev–Trinajstić information content (AvgIpc) is 2.57. The Morgan fingerprint density at radius 3 is 2.86 bits per heavy atom. The number of para-hydroxylation sites is 2. The van der Waals surface area contributed by atoms with E-state index in [0.29, 0.717) is 6.01 Å². The number of fused-ring (bicyclic) bond motifs is 1. The van der Waals surface area contributed by atoms with E-state index >= 15 is 0 Å². The third kappa shape index (κ3) is 1.74. The molecule has 0 saturated carbocycles. The van der Waals surface area contributed by atoms with Crippen molar-refractivity contribution < 1.29 is 4.42 Å².